The summed E-state index contributed by atoms with van der Waals surface area (Å²) in [6.45, 7) is 4.09. The summed E-state index contributed by atoms with van der Waals surface area (Å²) in [6, 6.07) is 11.7. The minimum atomic E-state index is -0.696. The average molecular weight is 314 g/mol. The highest BCUT2D eigenvalue weighted by Crippen LogP contribution is 2.16. The number of hydrogen-bond acceptors (Lipinski definition) is 2. The number of aryl methyl sites for hydroxylation is 2. The zero-order valence-corrected chi connectivity index (χ0v) is 13.2. The fourth-order valence-corrected chi connectivity index (χ4v) is 2.10. The highest BCUT2D eigenvalue weighted by molar-refractivity contribution is 6.39. The molecule has 0 spiro atoms. The number of carbonyl (C=O) groups is 2. The first-order valence-corrected chi connectivity index (χ1v) is 7.36. The summed E-state index contributed by atoms with van der Waals surface area (Å²) in [5.41, 5.74) is 3.41. The van der Waals surface area contributed by atoms with Crippen molar-refractivity contribution in [2.45, 2.75) is 20.3 Å². The Morgan fingerprint density at radius 1 is 1.00 bits per heavy atom. The van der Waals surface area contributed by atoms with Gasteiger partial charge in [0.1, 0.15) is 5.82 Å². The third kappa shape index (κ3) is 4.92. The second-order valence-electron chi connectivity index (χ2n) is 5.40. The molecule has 2 N–H and O–H groups in total. The van der Waals surface area contributed by atoms with Gasteiger partial charge >= 0.3 is 11.8 Å². The molecule has 0 saturated heterocycles. The SMILES string of the molecule is Cc1ccc(C)c(NC(=O)C(=O)NCCc2ccc(F)cc2)c1. The van der Waals surface area contributed by atoms with Crippen molar-refractivity contribution in [2.75, 3.05) is 11.9 Å². The van der Waals surface area contributed by atoms with Crippen LogP contribution in [-0.4, -0.2) is 18.4 Å². The van der Waals surface area contributed by atoms with Gasteiger partial charge in [-0.25, -0.2) is 4.39 Å². The Hall–Kier alpha value is -2.69. The van der Waals surface area contributed by atoms with Crippen LogP contribution in [-0.2, 0) is 16.0 Å². The molecule has 4 nitrogen and oxygen atoms in total. The van der Waals surface area contributed by atoms with Crippen LogP contribution >= 0.6 is 0 Å². The maximum absolute atomic E-state index is 12.8. The fraction of sp³-hybridized carbons (Fsp3) is 0.222. The van der Waals surface area contributed by atoms with Crippen LogP contribution in [0.5, 0.6) is 0 Å². The van der Waals surface area contributed by atoms with Crippen molar-refractivity contribution in [1.29, 1.82) is 0 Å². The zero-order valence-electron chi connectivity index (χ0n) is 13.2. The van der Waals surface area contributed by atoms with E-state index in [4.69, 9.17) is 0 Å². The molecule has 0 saturated carbocycles. The van der Waals surface area contributed by atoms with Crippen molar-refractivity contribution >= 4 is 17.5 Å². The first-order chi connectivity index (χ1) is 11.0. The van der Waals surface area contributed by atoms with E-state index >= 15 is 0 Å². The number of amides is 2. The number of anilines is 1. The van der Waals surface area contributed by atoms with E-state index in [1.807, 2.05) is 32.0 Å². The number of hydrogen-bond donors (Lipinski definition) is 2. The van der Waals surface area contributed by atoms with Gasteiger partial charge in [-0.3, -0.25) is 9.59 Å². The summed E-state index contributed by atoms with van der Waals surface area (Å²) >= 11 is 0. The summed E-state index contributed by atoms with van der Waals surface area (Å²) in [7, 11) is 0. The van der Waals surface area contributed by atoms with Crippen LogP contribution in [0.3, 0.4) is 0 Å². The molecule has 0 aliphatic carbocycles. The predicted octanol–water partition coefficient (Wildman–Crippen LogP) is 2.74. The second kappa shape index (κ2) is 7.54. The third-order valence-electron chi connectivity index (χ3n) is 3.46. The van der Waals surface area contributed by atoms with Gasteiger partial charge in [-0.2, -0.15) is 0 Å². The van der Waals surface area contributed by atoms with Gasteiger partial charge in [0, 0.05) is 12.2 Å². The summed E-state index contributed by atoms with van der Waals surface area (Å²) in [5, 5.41) is 5.16. The van der Waals surface area contributed by atoms with Gasteiger partial charge in [-0.05, 0) is 55.2 Å². The number of carbonyl (C=O) groups excluding carboxylic acids is 2. The largest absolute Gasteiger partial charge is 0.347 e. The topological polar surface area (TPSA) is 58.2 Å². The van der Waals surface area contributed by atoms with Gasteiger partial charge in [0.05, 0.1) is 0 Å². The van der Waals surface area contributed by atoms with Crippen LogP contribution in [0.15, 0.2) is 42.5 Å². The molecule has 2 aromatic carbocycles. The van der Waals surface area contributed by atoms with E-state index in [0.717, 1.165) is 16.7 Å². The van der Waals surface area contributed by atoms with Crippen LogP contribution in [0.1, 0.15) is 16.7 Å². The average Bonchev–Trinajstić information content (AvgIpc) is 2.52. The van der Waals surface area contributed by atoms with Crippen LogP contribution in [0.25, 0.3) is 0 Å². The lowest BCUT2D eigenvalue weighted by atomic mass is 10.1. The van der Waals surface area contributed by atoms with Gasteiger partial charge in [-0.15, -0.1) is 0 Å². The first-order valence-electron chi connectivity index (χ1n) is 7.36. The number of rotatable bonds is 4. The van der Waals surface area contributed by atoms with Gasteiger partial charge in [0.2, 0.25) is 0 Å². The molecular formula is C18H19FN2O2. The Balaban J connectivity index is 1.84. The van der Waals surface area contributed by atoms with E-state index in [1.165, 1.54) is 12.1 Å². The molecule has 0 radical (unpaired) electrons. The number of nitrogens with one attached hydrogen (secondary N) is 2. The zero-order chi connectivity index (χ0) is 16.8. The van der Waals surface area contributed by atoms with E-state index in [9.17, 15) is 14.0 Å². The molecule has 0 unspecified atom stereocenters. The van der Waals surface area contributed by atoms with E-state index in [1.54, 1.807) is 12.1 Å². The lowest BCUT2D eigenvalue weighted by molar-refractivity contribution is -0.136. The Kier molecular flexibility index (Phi) is 5.46. The minimum Gasteiger partial charge on any atom is -0.347 e. The number of benzene rings is 2. The van der Waals surface area contributed by atoms with Crippen molar-refractivity contribution in [3.05, 3.63) is 65.0 Å². The molecule has 0 aromatic heterocycles. The van der Waals surface area contributed by atoms with Crippen molar-refractivity contribution in [3.8, 4) is 0 Å². The summed E-state index contributed by atoms with van der Waals surface area (Å²) in [5.74, 6) is -1.68. The standard InChI is InChI=1S/C18H19FN2O2/c1-12-3-4-13(2)16(11-12)21-18(23)17(22)20-10-9-14-5-7-15(19)8-6-14/h3-8,11H,9-10H2,1-2H3,(H,20,22)(H,21,23). The lowest BCUT2D eigenvalue weighted by Crippen LogP contribution is -2.36. The summed E-state index contributed by atoms with van der Waals surface area (Å²) in [4.78, 5) is 23.7. The molecule has 2 amide bonds. The molecule has 2 rings (SSSR count). The molecule has 23 heavy (non-hydrogen) atoms. The summed E-state index contributed by atoms with van der Waals surface area (Å²) < 4.78 is 12.8. The Labute approximate surface area is 134 Å². The fourth-order valence-electron chi connectivity index (χ4n) is 2.10. The molecule has 0 heterocycles. The second-order valence-corrected chi connectivity index (χ2v) is 5.40. The van der Waals surface area contributed by atoms with Crippen LogP contribution in [0.2, 0.25) is 0 Å². The molecule has 0 atom stereocenters. The quantitative estimate of drug-likeness (QED) is 0.853. The number of halogens is 1. The monoisotopic (exact) mass is 314 g/mol. The molecule has 0 aliphatic heterocycles. The molecule has 0 bridgehead atoms. The highest BCUT2D eigenvalue weighted by atomic mass is 19.1. The van der Waals surface area contributed by atoms with E-state index in [2.05, 4.69) is 10.6 Å². The van der Waals surface area contributed by atoms with Gasteiger partial charge in [-0.1, -0.05) is 24.3 Å². The molecule has 0 aliphatic rings. The van der Waals surface area contributed by atoms with Gasteiger partial charge in [0.15, 0.2) is 0 Å². The predicted molar refractivity (Wildman–Crippen MR) is 87.7 cm³/mol. The lowest BCUT2D eigenvalue weighted by Gasteiger charge is -2.09. The van der Waals surface area contributed by atoms with Crippen molar-refractivity contribution < 1.29 is 14.0 Å². The molecule has 120 valence electrons. The van der Waals surface area contributed by atoms with Crippen molar-refractivity contribution in [3.63, 3.8) is 0 Å². The van der Waals surface area contributed by atoms with Gasteiger partial charge < -0.3 is 10.6 Å². The molecule has 2 aromatic rings. The smallest absolute Gasteiger partial charge is 0.313 e. The molecule has 0 fully saturated rings. The van der Waals surface area contributed by atoms with E-state index in [-0.39, 0.29) is 5.82 Å². The Morgan fingerprint density at radius 3 is 2.39 bits per heavy atom. The minimum absolute atomic E-state index is 0.300. The van der Waals surface area contributed by atoms with Crippen LogP contribution < -0.4 is 10.6 Å². The normalized spacial score (nSPS) is 10.2. The van der Waals surface area contributed by atoms with E-state index < -0.39 is 11.8 Å². The maximum atomic E-state index is 12.8. The third-order valence-corrected chi connectivity index (χ3v) is 3.46. The Bertz CT molecular complexity index is 711. The van der Waals surface area contributed by atoms with Crippen molar-refractivity contribution in [2.24, 2.45) is 0 Å². The van der Waals surface area contributed by atoms with Crippen LogP contribution in [0.4, 0.5) is 10.1 Å². The maximum Gasteiger partial charge on any atom is 0.313 e. The molecule has 5 heteroatoms. The summed E-state index contributed by atoms with van der Waals surface area (Å²) in [6.07, 6.45) is 0.531. The van der Waals surface area contributed by atoms with Crippen LogP contribution in [0, 0.1) is 19.7 Å². The highest BCUT2D eigenvalue weighted by Gasteiger charge is 2.14. The van der Waals surface area contributed by atoms with Crippen molar-refractivity contribution in [1.82, 2.24) is 5.32 Å². The van der Waals surface area contributed by atoms with Gasteiger partial charge in [0.25, 0.3) is 0 Å². The Morgan fingerprint density at radius 2 is 1.70 bits per heavy atom. The molecular weight excluding hydrogens is 295 g/mol. The first kappa shape index (κ1) is 16.7. The van der Waals surface area contributed by atoms with E-state index in [0.29, 0.717) is 18.7 Å².